The molecular weight excluding hydrogens is 218 g/mol. The van der Waals surface area contributed by atoms with Gasteiger partial charge in [0.1, 0.15) is 6.04 Å². The Bertz CT molecular complexity index is 418. The Morgan fingerprint density at radius 2 is 2.12 bits per heavy atom. The van der Waals surface area contributed by atoms with E-state index < -0.39 is 35.7 Å². The third kappa shape index (κ3) is 1.50. The molecule has 0 aliphatic heterocycles. The third-order valence-corrected chi connectivity index (χ3v) is 2.72. The molecule has 0 aromatic carbocycles. The highest BCUT2D eigenvalue weighted by atomic mass is 16.4. The molecule has 9 heteroatoms. The van der Waals surface area contributed by atoms with Crippen molar-refractivity contribution in [2.24, 2.45) is 17.6 Å². The number of nitrogens with two attached hydrogens (primary N) is 1. The number of nitrogens with zero attached hydrogens (tertiary/aromatic N) is 3. The smallest absolute Gasteiger partial charge is 0.320 e. The Hall–Kier alpha value is -2.03. The van der Waals surface area contributed by atoms with Crippen LogP contribution in [0.25, 0.3) is 0 Å². The van der Waals surface area contributed by atoms with Crippen molar-refractivity contribution in [3.8, 4) is 0 Å². The third-order valence-electron chi connectivity index (χ3n) is 2.72. The number of tetrazole rings is 1. The lowest BCUT2D eigenvalue weighted by Gasteiger charge is -2.02. The molecule has 0 amide bonds. The molecule has 0 spiro atoms. The van der Waals surface area contributed by atoms with Gasteiger partial charge in [0.05, 0.1) is 5.92 Å². The molecule has 86 valence electrons. The van der Waals surface area contributed by atoms with Crippen LogP contribution in [0.5, 0.6) is 0 Å². The molecule has 1 saturated carbocycles. The number of rotatable bonds is 4. The van der Waals surface area contributed by atoms with E-state index in [0.29, 0.717) is 0 Å². The predicted molar refractivity (Wildman–Crippen MR) is 47.1 cm³/mol. The molecule has 0 radical (unpaired) electrons. The van der Waals surface area contributed by atoms with Gasteiger partial charge in [0.2, 0.25) is 0 Å². The van der Waals surface area contributed by atoms with Gasteiger partial charge in [-0.05, 0) is 0 Å². The van der Waals surface area contributed by atoms with Gasteiger partial charge in [0, 0.05) is 11.8 Å². The number of aliphatic carboxylic acids is 2. The van der Waals surface area contributed by atoms with Gasteiger partial charge in [-0.1, -0.05) is 5.21 Å². The first-order chi connectivity index (χ1) is 7.54. The van der Waals surface area contributed by atoms with Crippen molar-refractivity contribution in [3.63, 3.8) is 0 Å². The molecule has 1 heterocycles. The maximum atomic E-state index is 10.9. The highest BCUT2D eigenvalue weighted by Gasteiger charge is 2.62. The molecule has 0 bridgehead atoms. The number of carboxylic acids is 2. The Kier molecular flexibility index (Phi) is 2.31. The monoisotopic (exact) mass is 227 g/mol. The number of carboxylic acid groups (broad SMARTS) is 2. The zero-order chi connectivity index (χ0) is 11.9. The van der Waals surface area contributed by atoms with Gasteiger partial charge in [-0.25, -0.2) is 0 Å². The van der Waals surface area contributed by atoms with Gasteiger partial charge in [0.15, 0.2) is 5.82 Å². The minimum Gasteiger partial charge on any atom is -0.481 e. The van der Waals surface area contributed by atoms with Crippen LogP contribution in [0.4, 0.5) is 0 Å². The van der Waals surface area contributed by atoms with Crippen molar-refractivity contribution in [1.82, 2.24) is 20.6 Å². The molecule has 1 aliphatic rings. The second kappa shape index (κ2) is 3.52. The summed E-state index contributed by atoms with van der Waals surface area (Å²) in [4.78, 5) is 21.6. The average Bonchev–Trinajstić information content (AvgIpc) is 2.73. The summed E-state index contributed by atoms with van der Waals surface area (Å²) in [6, 6.07) is -1.23. The minimum absolute atomic E-state index is 0.189. The summed E-state index contributed by atoms with van der Waals surface area (Å²) in [5.41, 5.74) is 5.40. The summed E-state index contributed by atoms with van der Waals surface area (Å²) in [5, 5.41) is 30.4. The summed E-state index contributed by atoms with van der Waals surface area (Å²) in [6.45, 7) is 0. The first-order valence-electron chi connectivity index (χ1n) is 4.48. The Balaban J connectivity index is 2.20. The van der Waals surface area contributed by atoms with Crippen LogP contribution in [0.3, 0.4) is 0 Å². The zero-order valence-corrected chi connectivity index (χ0v) is 7.94. The number of aromatic nitrogens is 4. The Labute approximate surface area is 88.6 Å². The largest absolute Gasteiger partial charge is 0.481 e. The average molecular weight is 227 g/mol. The minimum atomic E-state index is -1.23. The maximum absolute atomic E-state index is 10.9. The fourth-order valence-electron chi connectivity index (χ4n) is 1.91. The van der Waals surface area contributed by atoms with E-state index in [1.165, 1.54) is 0 Å². The summed E-state index contributed by atoms with van der Waals surface area (Å²) in [6.07, 6.45) is 0. The molecule has 2 rings (SSSR count). The van der Waals surface area contributed by atoms with Crippen molar-refractivity contribution in [3.05, 3.63) is 5.82 Å². The van der Waals surface area contributed by atoms with Gasteiger partial charge in [-0.2, -0.15) is 5.21 Å². The van der Waals surface area contributed by atoms with E-state index in [9.17, 15) is 9.59 Å². The summed E-state index contributed by atoms with van der Waals surface area (Å²) < 4.78 is 0. The molecule has 1 fully saturated rings. The summed E-state index contributed by atoms with van der Waals surface area (Å²) in [5.74, 6) is -4.27. The van der Waals surface area contributed by atoms with Crippen LogP contribution in [0.2, 0.25) is 0 Å². The highest BCUT2D eigenvalue weighted by Crippen LogP contribution is 2.54. The fourth-order valence-corrected chi connectivity index (χ4v) is 1.91. The normalized spacial score (nSPS) is 29.7. The van der Waals surface area contributed by atoms with Gasteiger partial charge in [-0.3, -0.25) is 9.59 Å². The SMILES string of the molecule is NC(C(=O)O)[C@@H]1[C@@H](C(=O)O)[C@@H]1c1nn[nH]n1. The number of carbonyl (C=O) groups is 2. The second-order valence-corrected chi connectivity index (χ2v) is 3.60. The highest BCUT2D eigenvalue weighted by molar-refractivity contribution is 5.81. The van der Waals surface area contributed by atoms with E-state index in [1.54, 1.807) is 0 Å². The van der Waals surface area contributed by atoms with Crippen LogP contribution in [0, 0.1) is 11.8 Å². The van der Waals surface area contributed by atoms with Crippen molar-refractivity contribution < 1.29 is 19.8 Å². The molecule has 16 heavy (non-hydrogen) atoms. The first-order valence-corrected chi connectivity index (χ1v) is 4.48. The quantitative estimate of drug-likeness (QED) is 0.461. The van der Waals surface area contributed by atoms with E-state index >= 15 is 0 Å². The summed E-state index contributed by atoms with van der Waals surface area (Å²) in [7, 11) is 0. The number of nitrogens with one attached hydrogen (secondary N) is 1. The number of hydrogen-bond donors (Lipinski definition) is 4. The van der Waals surface area contributed by atoms with E-state index in [4.69, 9.17) is 15.9 Å². The lowest BCUT2D eigenvalue weighted by Crippen LogP contribution is -2.34. The van der Waals surface area contributed by atoms with Crippen LogP contribution >= 0.6 is 0 Å². The van der Waals surface area contributed by atoms with Gasteiger partial charge in [0.25, 0.3) is 0 Å². The molecule has 1 aromatic rings. The fraction of sp³-hybridized carbons (Fsp3) is 0.571. The molecule has 1 aromatic heterocycles. The standard InChI is InChI=1S/C7H9N5O4/c8-4(7(15)16)1-2(3(1)6(13)14)5-9-11-12-10-5/h1-4H,8H2,(H,13,14)(H,15,16)(H,9,10,11,12)/t1-,2+,3+,4?/m0/s1. The van der Waals surface area contributed by atoms with Crippen molar-refractivity contribution in [2.75, 3.05) is 0 Å². The predicted octanol–water partition coefficient (Wildman–Crippen LogP) is -1.97. The second-order valence-electron chi connectivity index (χ2n) is 3.60. The molecule has 0 saturated heterocycles. The lowest BCUT2D eigenvalue weighted by molar-refractivity contribution is -0.140. The van der Waals surface area contributed by atoms with Crippen LogP contribution in [-0.4, -0.2) is 48.8 Å². The molecule has 5 N–H and O–H groups in total. The van der Waals surface area contributed by atoms with E-state index in [0.717, 1.165) is 0 Å². The van der Waals surface area contributed by atoms with Crippen LogP contribution in [0.1, 0.15) is 11.7 Å². The molecule has 1 unspecified atom stereocenters. The maximum Gasteiger partial charge on any atom is 0.320 e. The molecule has 9 nitrogen and oxygen atoms in total. The van der Waals surface area contributed by atoms with E-state index in [1.807, 2.05) is 0 Å². The lowest BCUT2D eigenvalue weighted by atomic mass is 10.1. The summed E-state index contributed by atoms with van der Waals surface area (Å²) >= 11 is 0. The van der Waals surface area contributed by atoms with E-state index in [-0.39, 0.29) is 5.82 Å². The number of aromatic amines is 1. The number of hydrogen-bond acceptors (Lipinski definition) is 6. The van der Waals surface area contributed by atoms with E-state index in [2.05, 4.69) is 20.6 Å². The van der Waals surface area contributed by atoms with Gasteiger partial charge < -0.3 is 15.9 Å². The van der Waals surface area contributed by atoms with Crippen LogP contribution < -0.4 is 5.73 Å². The molecular formula is C7H9N5O4. The topological polar surface area (TPSA) is 155 Å². The van der Waals surface area contributed by atoms with Gasteiger partial charge >= 0.3 is 11.9 Å². The number of H-pyrrole nitrogens is 1. The van der Waals surface area contributed by atoms with Crippen LogP contribution in [-0.2, 0) is 9.59 Å². The molecule has 1 aliphatic carbocycles. The Morgan fingerprint density at radius 1 is 1.44 bits per heavy atom. The molecule has 4 atom stereocenters. The Morgan fingerprint density at radius 3 is 2.56 bits per heavy atom. The first kappa shape index (κ1) is 10.5. The zero-order valence-electron chi connectivity index (χ0n) is 7.94. The van der Waals surface area contributed by atoms with Gasteiger partial charge in [-0.15, -0.1) is 10.2 Å². The van der Waals surface area contributed by atoms with Crippen molar-refractivity contribution in [2.45, 2.75) is 12.0 Å². The van der Waals surface area contributed by atoms with Crippen LogP contribution in [0.15, 0.2) is 0 Å². The van der Waals surface area contributed by atoms with Crippen molar-refractivity contribution in [1.29, 1.82) is 0 Å². The van der Waals surface area contributed by atoms with Crippen molar-refractivity contribution >= 4 is 11.9 Å².